The molecule has 3 rings (SSSR count). The third-order valence-electron chi connectivity index (χ3n) is 4.51. The molecule has 2 heterocycles. The smallest absolute Gasteiger partial charge is 0.351 e. The SMILES string of the molecule is COc1ccc(C(F)(F)C(=O)N2CCCc3ccccc3CC2)cn1. The summed E-state index contributed by atoms with van der Waals surface area (Å²) in [6.45, 7) is 0.612. The second kappa shape index (κ2) is 7.17. The average Bonchev–Trinajstić information content (AvgIpc) is 2.62. The molecule has 1 aromatic heterocycles. The van der Waals surface area contributed by atoms with Crippen LogP contribution < -0.4 is 4.74 Å². The number of fused-ring (bicyclic) bond motifs is 1. The van der Waals surface area contributed by atoms with Gasteiger partial charge < -0.3 is 9.64 Å². The number of methoxy groups -OCH3 is 1. The van der Waals surface area contributed by atoms with Gasteiger partial charge in [0.05, 0.1) is 7.11 Å². The van der Waals surface area contributed by atoms with Crippen LogP contribution in [0, 0.1) is 0 Å². The summed E-state index contributed by atoms with van der Waals surface area (Å²) in [5.74, 6) is -4.54. The standard InChI is InChI=1S/C19H20F2N2O2/c1-25-17-9-8-16(13-22-17)19(20,21)18(24)23-11-4-7-14-5-2-3-6-15(14)10-12-23/h2-3,5-6,8-9,13H,4,7,10-12H2,1H3. The molecular formula is C19H20F2N2O2. The Morgan fingerprint density at radius 3 is 2.48 bits per heavy atom. The number of alkyl halides is 2. The number of nitrogens with zero attached hydrogens (tertiary/aromatic N) is 2. The number of hydrogen-bond donors (Lipinski definition) is 0. The van der Waals surface area contributed by atoms with Gasteiger partial charge in [-0.2, -0.15) is 8.78 Å². The summed E-state index contributed by atoms with van der Waals surface area (Å²) in [5, 5.41) is 0. The van der Waals surface area contributed by atoms with Crippen LogP contribution in [0.3, 0.4) is 0 Å². The summed E-state index contributed by atoms with van der Waals surface area (Å²) in [6.07, 6.45) is 3.03. The van der Waals surface area contributed by atoms with Crippen molar-refractivity contribution in [2.45, 2.75) is 25.2 Å². The zero-order chi connectivity index (χ0) is 17.9. The van der Waals surface area contributed by atoms with E-state index >= 15 is 0 Å². The molecule has 0 bridgehead atoms. The van der Waals surface area contributed by atoms with E-state index in [0.29, 0.717) is 19.4 Å². The van der Waals surface area contributed by atoms with E-state index in [-0.39, 0.29) is 12.4 Å². The molecule has 0 aliphatic carbocycles. The van der Waals surface area contributed by atoms with Crippen molar-refractivity contribution in [2.24, 2.45) is 0 Å². The minimum atomic E-state index is -3.60. The van der Waals surface area contributed by atoms with Crippen LogP contribution in [0.2, 0.25) is 0 Å². The summed E-state index contributed by atoms with van der Waals surface area (Å²) in [7, 11) is 1.41. The lowest BCUT2D eigenvalue weighted by Gasteiger charge is -2.29. The second-order valence-corrected chi connectivity index (χ2v) is 6.08. The number of hydrogen-bond acceptors (Lipinski definition) is 3. The maximum absolute atomic E-state index is 14.6. The van der Waals surface area contributed by atoms with Crippen molar-refractivity contribution in [1.29, 1.82) is 0 Å². The lowest BCUT2D eigenvalue weighted by Crippen LogP contribution is -2.44. The molecule has 6 heteroatoms. The number of aryl methyl sites for hydroxylation is 1. The minimum absolute atomic E-state index is 0.231. The number of carbonyl (C=O) groups excluding carboxylic acids is 1. The molecule has 0 saturated carbocycles. The summed E-state index contributed by atoms with van der Waals surface area (Å²) in [6, 6.07) is 10.5. The predicted octanol–water partition coefficient (Wildman–Crippen LogP) is 3.20. The highest BCUT2D eigenvalue weighted by molar-refractivity contribution is 5.84. The Kier molecular flexibility index (Phi) is 4.97. The largest absolute Gasteiger partial charge is 0.481 e. The number of benzene rings is 1. The van der Waals surface area contributed by atoms with E-state index in [1.54, 1.807) is 0 Å². The van der Waals surface area contributed by atoms with E-state index in [0.717, 1.165) is 18.2 Å². The Morgan fingerprint density at radius 1 is 1.12 bits per heavy atom. The molecule has 0 N–H and O–H groups in total. The van der Waals surface area contributed by atoms with Crippen molar-refractivity contribution in [3.05, 3.63) is 59.3 Å². The van der Waals surface area contributed by atoms with Crippen LogP contribution in [0.4, 0.5) is 8.78 Å². The molecule has 0 saturated heterocycles. The minimum Gasteiger partial charge on any atom is -0.481 e. The molecule has 1 aromatic carbocycles. The fourth-order valence-electron chi connectivity index (χ4n) is 3.08. The second-order valence-electron chi connectivity index (χ2n) is 6.08. The lowest BCUT2D eigenvalue weighted by molar-refractivity contribution is -0.159. The van der Waals surface area contributed by atoms with Gasteiger partial charge in [-0.3, -0.25) is 4.79 Å². The number of halogens is 2. The van der Waals surface area contributed by atoms with E-state index < -0.39 is 17.4 Å². The van der Waals surface area contributed by atoms with Crippen molar-refractivity contribution in [3.8, 4) is 5.88 Å². The quantitative estimate of drug-likeness (QED) is 0.857. The Hall–Kier alpha value is -2.50. The molecule has 1 amide bonds. The van der Waals surface area contributed by atoms with E-state index in [1.165, 1.54) is 29.7 Å². The lowest BCUT2D eigenvalue weighted by atomic mass is 9.97. The highest BCUT2D eigenvalue weighted by atomic mass is 19.3. The van der Waals surface area contributed by atoms with Gasteiger partial charge in [0, 0.05) is 30.9 Å². The van der Waals surface area contributed by atoms with Gasteiger partial charge in [-0.1, -0.05) is 24.3 Å². The van der Waals surface area contributed by atoms with Crippen LogP contribution in [0.5, 0.6) is 5.88 Å². The third kappa shape index (κ3) is 3.62. The van der Waals surface area contributed by atoms with Crippen molar-refractivity contribution in [1.82, 2.24) is 9.88 Å². The highest BCUT2D eigenvalue weighted by Crippen LogP contribution is 2.31. The molecule has 4 nitrogen and oxygen atoms in total. The van der Waals surface area contributed by atoms with Gasteiger partial charge in [0.2, 0.25) is 5.88 Å². The molecule has 0 atom stereocenters. The maximum Gasteiger partial charge on any atom is 0.351 e. The van der Waals surface area contributed by atoms with Gasteiger partial charge in [-0.15, -0.1) is 0 Å². The topological polar surface area (TPSA) is 42.4 Å². The number of carbonyl (C=O) groups is 1. The molecule has 132 valence electrons. The predicted molar refractivity (Wildman–Crippen MR) is 89.7 cm³/mol. The summed E-state index contributed by atoms with van der Waals surface area (Å²) in [5.41, 5.74) is 1.94. The number of amides is 1. The van der Waals surface area contributed by atoms with Crippen LogP contribution >= 0.6 is 0 Å². The number of rotatable bonds is 3. The summed E-state index contributed by atoms with van der Waals surface area (Å²) >= 11 is 0. The van der Waals surface area contributed by atoms with Crippen LogP contribution in [0.25, 0.3) is 0 Å². The molecule has 1 aliphatic heterocycles. The first kappa shape index (κ1) is 17.3. The highest BCUT2D eigenvalue weighted by Gasteiger charge is 2.44. The van der Waals surface area contributed by atoms with Gasteiger partial charge in [0.1, 0.15) is 0 Å². The molecule has 2 aromatic rings. The maximum atomic E-state index is 14.6. The van der Waals surface area contributed by atoms with Gasteiger partial charge in [-0.25, -0.2) is 4.98 Å². The van der Waals surface area contributed by atoms with Crippen LogP contribution in [-0.4, -0.2) is 36.0 Å². The Labute approximate surface area is 145 Å². The van der Waals surface area contributed by atoms with Crippen molar-refractivity contribution in [3.63, 3.8) is 0 Å². The Bertz CT molecular complexity index is 747. The first-order valence-corrected chi connectivity index (χ1v) is 8.27. The van der Waals surface area contributed by atoms with Gasteiger partial charge in [0.25, 0.3) is 5.91 Å². The van der Waals surface area contributed by atoms with Crippen molar-refractivity contribution in [2.75, 3.05) is 20.2 Å². The third-order valence-corrected chi connectivity index (χ3v) is 4.51. The monoisotopic (exact) mass is 346 g/mol. The van der Waals surface area contributed by atoms with E-state index in [1.807, 2.05) is 18.2 Å². The molecule has 1 aliphatic rings. The average molecular weight is 346 g/mol. The molecule has 0 unspecified atom stereocenters. The van der Waals surface area contributed by atoms with Gasteiger partial charge in [0.15, 0.2) is 0 Å². The molecule has 0 spiro atoms. The first-order chi connectivity index (χ1) is 12.0. The van der Waals surface area contributed by atoms with Crippen LogP contribution in [0.15, 0.2) is 42.6 Å². The van der Waals surface area contributed by atoms with E-state index in [9.17, 15) is 13.6 Å². The summed E-state index contributed by atoms with van der Waals surface area (Å²) in [4.78, 5) is 17.5. The van der Waals surface area contributed by atoms with E-state index in [4.69, 9.17) is 4.74 Å². The van der Waals surface area contributed by atoms with Crippen LogP contribution in [-0.2, 0) is 23.6 Å². The zero-order valence-electron chi connectivity index (χ0n) is 14.0. The number of aromatic nitrogens is 1. The fourth-order valence-corrected chi connectivity index (χ4v) is 3.08. The van der Waals surface area contributed by atoms with Crippen molar-refractivity contribution < 1.29 is 18.3 Å². The van der Waals surface area contributed by atoms with Crippen LogP contribution in [0.1, 0.15) is 23.1 Å². The van der Waals surface area contributed by atoms with Crippen molar-refractivity contribution >= 4 is 5.91 Å². The number of ether oxygens (including phenoxy) is 1. The van der Waals surface area contributed by atoms with Gasteiger partial charge in [-0.05, 0) is 36.5 Å². The van der Waals surface area contributed by atoms with E-state index in [2.05, 4.69) is 11.1 Å². The molecule has 0 radical (unpaired) electrons. The Morgan fingerprint density at radius 2 is 1.84 bits per heavy atom. The molecular weight excluding hydrogens is 326 g/mol. The normalized spacial score (nSPS) is 15.1. The first-order valence-electron chi connectivity index (χ1n) is 8.27. The van der Waals surface area contributed by atoms with Gasteiger partial charge >= 0.3 is 5.92 Å². The molecule has 25 heavy (non-hydrogen) atoms. The summed E-state index contributed by atoms with van der Waals surface area (Å²) < 4.78 is 34.1. The number of pyridine rings is 1. The fraction of sp³-hybridized carbons (Fsp3) is 0.368. The Balaban J connectivity index is 1.77. The molecule has 0 fully saturated rings. The zero-order valence-corrected chi connectivity index (χ0v) is 14.0.